The van der Waals surface area contributed by atoms with Crippen LogP contribution in [-0.2, 0) is 0 Å². The van der Waals surface area contributed by atoms with E-state index in [0.717, 1.165) is 0 Å². The molecule has 0 amide bonds. The number of benzene rings is 1. The van der Waals surface area contributed by atoms with E-state index in [9.17, 15) is 0 Å². The monoisotopic (exact) mass is 281 g/mol. The van der Waals surface area contributed by atoms with E-state index >= 15 is 0 Å². The zero-order valence-corrected chi connectivity index (χ0v) is 10.1. The molecule has 0 spiro atoms. The first kappa shape index (κ1) is 11.1. The molecule has 1 aromatic heterocycles. The van der Waals surface area contributed by atoms with E-state index in [2.05, 4.69) is 5.16 Å². The summed E-state index contributed by atoms with van der Waals surface area (Å²) in [7, 11) is 0. The van der Waals surface area contributed by atoms with Crippen molar-refractivity contribution in [3.05, 3.63) is 38.5 Å². The Balaban J connectivity index is 2.55. The fourth-order valence-corrected chi connectivity index (χ4v) is 1.68. The molecule has 0 saturated heterocycles. The van der Waals surface area contributed by atoms with Crippen molar-refractivity contribution in [3.8, 4) is 11.3 Å². The molecule has 0 radical (unpaired) electrons. The van der Waals surface area contributed by atoms with Gasteiger partial charge in [0.25, 0.3) is 0 Å². The molecule has 0 N–H and O–H groups in total. The number of rotatable bonds is 1. The van der Waals surface area contributed by atoms with E-state index in [1.807, 2.05) is 0 Å². The minimum absolute atomic E-state index is 0.0535. The highest BCUT2D eigenvalue weighted by Gasteiger charge is 2.14. The second kappa shape index (κ2) is 4.22. The van der Waals surface area contributed by atoms with Gasteiger partial charge >= 0.3 is 0 Å². The Labute approximate surface area is 106 Å². The van der Waals surface area contributed by atoms with Crippen molar-refractivity contribution in [2.45, 2.75) is 0 Å². The van der Waals surface area contributed by atoms with E-state index in [0.29, 0.717) is 21.3 Å². The summed E-state index contributed by atoms with van der Waals surface area (Å²) in [5.41, 5.74) is 1.14. The highest BCUT2D eigenvalue weighted by atomic mass is 35.5. The van der Waals surface area contributed by atoms with Crippen LogP contribution in [0.3, 0.4) is 0 Å². The highest BCUT2D eigenvalue weighted by molar-refractivity contribution is 6.43. The molecular formula is C9H3Cl4NO. The molecule has 2 aromatic rings. The molecule has 15 heavy (non-hydrogen) atoms. The molecule has 0 aliphatic rings. The summed E-state index contributed by atoms with van der Waals surface area (Å²) < 4.78 is 4.73. The molecule has 2 rings (SSSR count). The summed E-state index contributed by atoms with van der Waals surface area (Å²) in [4.78, 5) is 0. The van der Waals surface area contributed by atoms with Gasteiger partial charge in [-0.3, -0.25) is 0 Å². The van der Waals surface area contributed by atoms with Crippen LogP contribution in [0.2, 0.25) is 20.3 Å². The maximum atomic E-state index is 5.87. The first-order valence-electron chi connectivity index (χ1n) is 3.85. The van der Waals surface area contributed by atoms with Gasteiger partial charge in [-0.2, -0.15) is 0 Å². The molecule has 1 heterocycles. The minimum Gasteiger partial charge on any atom is -0.342 e. The van der Waals surface area contributed by atoms with Crippen molar-refractivity contribution in [1.29, 1.82) is 0 Å². The van der Waals surface area contributed by atoms with Gasteiger partial charge in [0.2, 0.25) is 5.22 Å². The van der Waals surface area contributed by atoms with E-state index < -0.39 is 0 Å². The molecule has 0 bridgehead atoms. The van der Waals surface area contributed by atoms with E-state index in [4.69, 9.17) is 50.9 Å². The van der Waals surface area contributed by atoms with Gasteiger partial charge in [0.1, 0.15) is 10.7 Å². The third-order valence-electron chi connectivity index (χ3n) is 1.79. The van der Waals surface area contributed by atoms with E-state index in [1.54, 1.807) is 18.2 Å². The standard InChI is InChI=1S/C9H3Cl4NO/c10-5-2-1-4(3-6(5)11)8-7(12)9(13)15-14-8/h1-3H. The third kappa shape index (κ3) is 2.08. The molecule has 0 saturated carbocycles. The summed E-state index contributed by atoms with van der Waals surface area (Å²) in [5, 5.41) is 4.91. The second-order valence-electron chi connectivity index (χ2n) is 2.75. The van der Waals surface area contributed by atoms with Crippen molar-refractivity contribution in [3.63, 3.8) is 0 Å². The summed E-state index contributed by atoms with van der Waals surface area (Å²) in [6.07, 6.45) is 0. The Bertz CT molecular complexity index is 509. The quantitative estimate of drug-likeness (QED) is 0.739. The predicted molar refractivity (Wildman–Crippen MR) is 62.0 cm³/mol. The van der Waals surface area contributed by atoms with Crippen LogP contribution in [0, 0.1) is 0 Å². The second-order valence-corrected chi connectivity index (χ2v) is 4.28. The SMILES string of the molecule is Clc1ccc(-c2noc(Cl)c2Cl)cc1Cl. The fraction of sp³-hybridized carbons (Fsp3) is 0. The molecule has 0 atom stereocenters. The molecular weight excluding hydrogens is 280 g/mol. The zero-order valence-electron chi connectivity index (χ0n) is 7.10. The van der Waals surface area contributed by atoms with Crippen LogP contribution in [-0.4, -0.2) is 5.16 Å². The number of hydrogen-bond donors (Lipinski definition) is 0. The number of halogens is 4. The summed E-state index contributed by atoms with van der Waals surface area (Å²) >= 11 is 23.1. The topological polar surface area (TPSA) is 26.0 Å². The van der Waals surface area contributed by atoms with Crippen LogP contribution in [0.5, 0.6) is 0 Å². The van der Waals surface area contributed by atoms with E-state index in [1.165, 1.54) is 0 Å². The molecule has 1 aromatic carbocycles. The average molecular weight is 283 g/mol. The van der Waals surface area contributed by atoms with Crippen LogP contribution in [0.25, 0.3) is 11.3 Å². The number of hydrogen-bond acceptors (Lipinski definition) is 2. The molecule has 0 aliphatic carbocycles. The van der Waals surface area contributed by atoms with Crippen molar-refractivity contribution in [2.24, 2.45) is 0 Å². The van der Waals surface area contributed by atoms with Crippen LogP contribution >= 0.6 is 46.4 Å². The van der Waals surface area contributed by atoms with Gasteiger partial charge in [0.05, 0.1) is 10.0 Å². The predicted octanol–water partition coefficient (Wildman–Crippen LogP) is 4.96. The maximum absolute atomic E-state index is 5.87. The van der Waals surface area contributed by atoms with Crippen molar-refractivity contribution < 1.29 is 4.52 Å². The summed E-state index contributed by atoms with van der Waals surface area (Å²) in [6, 6.07) is 5.02. The molecule has 0 aliphatic heterocycles. The van der Waals surface area contributed by atoms with Gasteiger partial charge in [0.15, 0.2) is 0 Å². The van der Waals surface area contributed by atoms with Gasteiger partial charge in [-0.15, -0.1) is 0 Å². The van der Waals surface area contributed by atoms with Gasteiger partial charge < -0.3 is 4.52 Å². The van der Waals surface area contributed by atoms with Gasteiger partial charge in [-0.05, 0) is 23.7 Å². The van der Waals surface area contributed by atoms with Crippen molar-refractivity contribution in [2.75, 3.05) is 0 Å². The Morgan fingerprint density at radius 3 is 2.27 bits per heavy atom. The smallest absolute Gasteiger partial charge is 0.245 e. The first-order valence-corrected chi connectivity index (χ1v) is 5.37. The summed E-state index contributed by atoms with van der Waals surface area (Å²) in [5.74, 6) is 0. The first-order chi connectivity index (χ1) is 7.09. The lowest BCUT2D eigenvalue weighted by Crippen LogP contribution is -1.78. The molecule has 78 valence electrons. The number of aromatic nitrogens is 1. The normalized spacial score (nSPS) is 10.7. The average Bonchev–Trinajstić information content (AvgIpc) is 2.53. The lowest BCUT2D eigenvalue weighted by molar-refractivity contribution is 0.424. The molecule has 2 nitrogen and oxygen atoms in total. The Morgan fingerprint density at radius 2 is 1.73 bits per heavy atom. The van der Waals surface area contributed by atoms with E-state index in [-0.39, 0.29) is 10.2 Å². The Morgan fingerprint density at radius 1 is 1.00 bits per heavy atom. The van der Waals surface area contributed by atoms with Crippen LogP contribution in [0.1, 0.15) is 0 Å². The maximum Gasteiger partial charge on any atom is 0.245 e. The Hall–Kier alpha value is -0.410. The third-order valence-corrected chi connectivity index (χ3v) is 3.23. The molecule has 0 unspecified atom stereocenters. The lowest BCUT2D eigenvalue weighted by atomic mass is 10.1. The fourth-order valence-electron chi connectivity index (χ4n) is 1.08. The van der Waals surface area contributed by atoms with Crippen LogP contribution in [0.4, 0.5) is 0 Å². The Kier molecular flexibility index (Phi) is 3.12. The van der Waals surface area contributed by atoms with Crippen molar-refractivity contribution >= 4 is 46.4 Å². The van der Waals surface area contributed by atoms with Crippen LogP contribution < -0.4 is 0 Å². The summed E-state index contributed by atoms with van der Waals surface area (Å²) in [6.45, 7) is 0. The molecule has 6 heteroatoms. The van der Waals surface area contributed by atoms with Gasteiger partial charge in [-0.25, -0.2) is 0 Å². The highest BCUT2D eigenvalue weighted by Crippen LogP contribution is 2.35. The van der Waals surface area contributed by atoms with Gasteiger partial charge in [-0.1, -0.05) is 46.0 Å². The lowest BCUT2D eigenvalue weighted by Gasteiger charge is -1.99. The minimum atomic E-state index is 0.0535. The van der Waals surface area contributed by atoms with Crippen LogP contribution in [0.15, 0.2) is 22.7 Å². The molecule has 0 fully saturated rings. The zero-order chi connectivity index (χ0) is 11.0. The van der Waals surface area contributed by atoms with Crippen molar-refractivity contribution in [1.82, 2.24) is 5.16 Å². The largest absolute Gasteiger partial charge is 0.342 e. The number of nitrogens with zero attached hydrogens (tertiary/aromatic N) is 1. The van der Waals surface area contributed by atoms with Gasteiger partial charge in [0, 0.05) is 5.56 Å².